The maximum atomic E-state index is 11.3. The molecular formula is C11H22ClNO. The quantitative estimate of drug-likeness (QED) is 0.656. The number of carbonyl (C=O) groups is 1. The Balaban J connectivity index is 3.43. The second kappa shape index (κ2) is 8.10. The molecule has 0 saturated heterocycles. The number of rotatable bonds is 7. The lowest BCUT2D eigenvalue weighted by molar-refractivity contribution is -0.121. The molecule has 14 heavy (non-hydrogen) atoms. The fourth-order valence-corrected chi connectivity index (χ4v) is 1.46. The van der Waals surface area contributed by atoms with Crippen LogP contribution in [0.4, 0.5) is 0 Å². The summed E-state index contributed by atoms with van der Waals surface area (Å²) in [6.07, 6.45) is 2.58. The van der Waals surface area contributed by atoms with Gasteiger partial charge < -0.3 is 5.32 Å². The Kier molecular flexibility index (Phi) is 7.96. The number of hydrogen-bond donors (Lipinski definition) is 1. The van der Waals surface area contributed by atoms with Crippen molar-refractivity contribution >= 4 is 17.5 Å². The van der Waals surface area contributed by atoms with E-state index < -0.39 is 0 Å². The van der Waals surface area contributed by atoms with Crippen LogP contribution in [-0.4, -0.2) is 18.3 Å². The minimum absolute atomic E-state index is 0.167. The highest BCUT2D eigenvalue weighted by atomic mass is 35.5. The lowest BCUT2D eigenvalue weighted by Crippen LogP contribution is -2.28. The molecule has 0 aliphatic rings. The largest absolute Gasteiger partial charge is 0.356 e. The van der Waals surface area contributed by atoms with E-state index in [1.807, 2.05) is 0 Å². The van der Waals surface area contributed by atoms with Crippen LogP contribution in [0.25, 0.3) is 0 Å². The Morgan fingerprint density at radius 3 is 2.43 bits per heavy atom. The van der Waals surface area contributed by atoms with Crippen LogP contribution in [0.1, 0.15) is 40.0 Å². The van der Waals surface area contributed by atoms with E-state index in [9.17, 15) is 4.79 Å². The Morgan fingerprint density at radius 2 is 1.93 bits per heavy atom. The van der Waals surface area contributed by atoms with Crippen molar-refractivity contribution in [2.24, 2.45) is 11.8 Å². The number of alkyl halides is 1. The number of amides is 1. The fraction of sp³-hybridized carbons (Fsp3) is 0.909. The van der Waals surface area contributed by atoms with E-state index in [1.54, 1.807) is 0 Å². The van der Waals surface area contributed by atoms with Crippen molar-refractivity contribution in [3.05, 3.63) is 0 Å². The molecule has 2 nitrogen and oxygen atoms in total. The first kappa shape index (κ1) is 13.8. The Labute approximate surface area is 92.4 Å². The van der Waals surface area contributed by atoms with Gasteiger partial charge in [0.2, 0.25) is 5.91 Å². The van der Waals surface area contributed by atoms with Crippen molar-refractivity contribution in [1.29, 1.82) is 0 Å². The Morgan fingerprint density at radius 1 is 1.29 bits per heavy atom. The van der Waals surface area contributed by atoms with E-state index in [4.69, 9.17) is 11.6 Å². The topological polar surface area (TPSA) is 29.1 Å². The predicted octanol–water partition coefficient (Wildman–Crippen LogP) is 2.80. The predicted molar refractivity (Wildman–Crippen MR) is 61.6 cm³/mol. The molecule has 0 aromatic rings. The normalized spacial score (nSPS) is 12.9. The molecule has 3 heteroatoms. The standard InChI is InChI=1S/C11H22ClNO/c1-9(2)4-5-11(14)13-8-10(3)6-7-12/h9-10H,4-8H2,1-3H3,(H,13,14). The minimum Gasteiger partial charge on any atom is -0.356 e. The average molecular weight is 220 g/mol. The van der Waals surface area contributed by atoms with Crippen molar-refractivity contribution < 1.29 is 4.79 Å². The molecule has 0 heterocycles. The number of halogens is 1. The first-order chi connectivity index (χ1) is 6.56. The van der Waals surface area contributed by atoms with Crippen molar-refractivity contribution in [1.82, 2.24) is 5.32 Å². The van der Waals surface area contributed by atoms with Crippen molar-refractivity contribution in [2.45, 2.75) is 40.0 Å². The molecular weight excluding hydrogens is 198 g/mol. The van der Waals surface area contributed by atoms with Gasteiger partial charge in [-0.1, -0.05) is 20.8 Å². The summed E-state index contributed by atoms with van der Waals surface area (Å²) in [5.41, 5.74) is 0. The molecule has 1 amide bonds. The molecule has 0 bridgehead atoms. The van der Waals surface area contributed by atoms with Gasteiger partial charge in [-0.3, -0.25) is 4.79 Å². The van der Waals surface area contributed by atoms with Gasteiger partial charge in [-0.2, -0.15) is 0 Å². The molecule has 1 unspecified atom stereocenters. The third-order valence-corrected chi connectivity index (χ3v) is 2.42. The van der Waals surface area contributed by atoms with E-state index >= 15 is 0 Å². The van der Waals surface area contributed by atoms with Gasteiger partial charge in [0.1, 0.15) is 0 Å². The molecule has 0 fully saturated rings. The second-order valence-corrected chi connectivity index (χ2v) is 4.70. The summed E-state index contributed by atoms with van der Waals surface area (Å²) in [6, 6.07) is 0. The summed E-state index contributed by atoms with van der Waals surface area (Å²) in [5.74, 6) is 1.92. The van der Waals surface area contributed by atoms with Gasteiger partial charge in [-0.15, -0.1) is 11.6 Å². The summed E-state index contributed by atoms with van der Waals surface area (Å²) in [4.78, 5) is 11.3. The Hall–Kier alpha value is -0.240. The SMILES string of the molecule is CC(C)CCC(=O)NCC(C)CCCl. The smallest absolute Gasteiger partial charge is 0.220 e. The van der Waals surface area contributed by atoms with E-state index in [0.29, 0.717) is 24.1 Å². The van der Waals surface area contributed by atoms with Crippen LogP contribution in [0.3, 0.4) is 0 Å². The third-order valence-electron chi connectivity index (χ3n) is 2.20. The van der Waals surface area contributed by atoms with Crippen LogP contribution in [0.5, 0.6) is 0 Å². The van der Waals surface area contributed by atoms with Crippen LogP contribution in [0.15, 0.2) is 0 Å². The van der Waals surface area contributed by atoms with E-state index in [-0.39, 0.29) is 5.91 Å². The Bertz CT molecular complexity index is 159. The zero-order chi connectivity index (χ0) is 11.0. The van der Waals surface area contributed by atoms with E-state index in [1.165, 1.54) is 0 Å². The highest BCUT2D eigenvalue weighted by Crippen LogP contribution is 2.04. The van der Waals surface area contributed by atoms with Crippen LogP contribution in [0, 0.1) is 11.8 Å². The van der Waals surface area contributed by atoms with Gasteiger partial charge in [0, 0.05) is 18.8 Å². The highest BCUT2D eigenvalue weighted by Gasteiger charge is 2.05. The molecule has 0 aliphatic heterocycles. The molecule has 0 aliphatic carbocycles. The molecule has 84 valence electrons. The average Bonchev–Trinajstić information content (AvgIpc) is 2.12. The summed E-state index contributed by atoms with van der Waals surface area (Å²) in [6.45, 7) is 7.11. The maximum absolute atomic E-state index is 11.3. The van der Waals surface area contributed by atoms with Crippen LogP contribution >= 0.6 is 11.6 Å². The monoisotopic (exact) mass is 219 g/mol. The summed E-state index contributed by atoms with van der Waals surface area (Å²) < 4.78 is 0. The summed E-state index contributed by atoms with van der Waals surface area (Å²) in [5, 5.41) is 2.93. The van der Waals surface area contributed by atoms with Crippen molar-refractivity contribution in [3.63, 3.8) is 0 Å². The second-order valence-electron chi connectivity index (χ2n) is 4.32. The molecule has 0 radical (unpaired) electrons. The molecule has 0 rings (SSSR count). The number of hydrogen-bond acceptors (Lipinski definition) is 1. The first-order valence-corrected chi connectivity index (χ1v) is 5.92. The summed E-state index contributed by atoms with van der Waals surface area (Å²) >= 11 is 5.60. The van der Waals surface area contributed by atoms with Crippen molar-refractivity contribution in [2.75, 3.05) is 12.4 Å². The fourth-order valence-electron chi connectivity index (χ4n) is 1.08. The first-order valence-electron chi connectivity index (χ1n) is 5.39. The van der Waals surface area contributed by atoms with Gasteiger partial charge in [0.05, 0.1) is 0 Å². The van der Waals surface area contributed by atoms with Crippen LogP contribution in [0.2, 0.25) is 0 Å². The molecule has 0 saturated carbocycles. The van der Waals surface area contributed by atoms with Crippen molar-refractivity contribution in [3.8, 4) is 0 Å². The van der Waals surface area contributed by atoms with Gasteiger partial charge in [-0.05, 0) is 24.7 Å². The van der Waals surface area contributed by atoms with Crippen LogP contribution < -0.4 is 5.32 Å². The zero-order valence-electron chi connectivity index (χ0n) is 9.48. The molecule has 0 spiro atoms. The van der Waals surface area contributed by atoms with Gasteiger partial charge in [0.15, 0.2) is 0 Å². The minimum atomic E-state index is 0.167. The van der Waals surface area contributed by atoms with Gasteiger partial charge in [0.25, 0.3) is 0 Å². The highest BCUT2D eigenvalue weighted by molar-refractivity contribution is 6.17. The maximum Gasteiger partial charge on any atom is 0.220 e. The third kappa shape index (κ3) is 8.36. The zero-order valence-corrected chi connectivity index (χ0v) is 10.2. The lowest BCUT2D eigenvalue weighted by Gasteiger charge is -2.11. The number of carbonyl (C=O) groups excluding carboxylic acids is 1. The molecule has 1 atom stereocenters. The van der Waals surface area contributed by atoms with E-state index in [0.717, 1.165) is 19.4 Å². The molecule has 0 aromatic heterocycles. The van der Waals surface area contributed by atoms with E-state index in [2.05, 4.69) is 26.1 Å². The van der Waals surface area contributed by atoms with Gasteiger partial charge >= 0.3 is 0 Å². The summed E-state index contributed by atoms with van der Waals surface area (Å²) in [7, 11) is 0. The molecule has 1 N–H and O–H groups in total. The van der Waals surface area contributed by atoms with Crippen LogP contribution in [-0.2, 0) is 4.79 Å². The molecule has 0 aromatic carbocycles. The lowest BCUT2D eigenvalue weighted by atomic mass is 10.1. The number of nitrogens with one attached hydrogen (secondary N) is 1. The van der Waals surface area contributed by atoms with Gasteiger partial charge in [-0.25, -0.2) is 0 Å².